The van der Waals surface area contributed by atoms with Gasteiger partial charge in [0.25, 0.3) is 0 Å². The van der Waals surface area contributed by atoms with Crippen LogP contribution >= 0.6 is 11.6 Å². The Hall–Kier alpha value is -4.01. The second-order valence-electron chi connectivity index (χ2n) is 10.8. The van der Waals surface area contributed by atoms with E-state index in [2.05, 4.69) is 29.9 Å². The van der Waals surface area contributed by atoms with E-state index in [9.17, 15) is 4.79 Å². The molecule has 3 aromatic carbocycles. The van der Waals surface area contributed by atoms with Gasteiger partial charge in [0.05, 0.1) is 5.69 Å². The first-order valence-corrected chi connectivity index (χ1v) is 14.0. The number of nitrogens with one attached hydrogen (secondary N) is 1. The average molecular weight is 577 g/mol. The van der Waals surface area contributed by atoms with Gasteiger partial charge in [-0.3, -0.25) is 0 Å². The number of benzene rings is 3. The number of primary amides is 1. The van der Waals surface area contributed by atoms with Crippen molar-refractivity contribution in [3.8, 4) is 34.2 Å². The van der Waals surface area contributed by atoms with Crippen LogP contribution in [0.25, 0.3) is 16.9 Å². The number of imidazole rings is 1. The fourth-order valence-corrected chi connectivity index (χ4v) is 4.39. The molecule has 0 aliphatic heterocycles. The van der Waals surface area contributed by atoms with Crippen molar-refractivity contribution in [2.24, 2.45) is 11.7 Å². The molecule has 0 unspecified atom stereocenters. The highest BCUT2D eigenvalue weighted by atomic mass is 35.5. The minimum Gasteiger partial charge on any atom is -0.492 e. The highest BCUT2D eigenvalue weighted by molar-refractivity contribution is 6.30. The normalized spacial score (nSPS) is 11.5. The maximum Gasteiger partial charge on any atom is 0.405 e. The minimum atomic E-state index is -0.785. The Kier molecular flexibility index (Phi) is 9.91. The standard InChI is InChI=1S/C32H37ClN4O4/c1-22(2)19-30-36-29(20-37(30)25-9-15-28(16-10-25)40-27-13-7-24(33)8-14-27)23-5-11-26(12-6-23)39-18-17-35-21-32(3,4)41-31(34)38/h5-16,20,22,35H,17-19,21H2,1-4H3,(H2,34,38). The fourth-order valence-electron chi connectivity index (χ4n) is 4.26. The molecule has 0 aliphatic carbocycles. The Balaban J connectivity index is 1.39. The van der Waals surface area contributed by atoms with Crippen LogP contribution in [0.2, 0.25) is 5.02 Å². The summed E-state index contributed by atoms with van der Waals surface area (Å²) in [4.78, 5) is 15.9. The lowest BCUT2D eigenvalue weighted by molar-refractivity contribution is 0.0453. The van der Waals surface area contributed by atoms with Gasteiger partial charge in [-0.25, -0.2) is 9.78 Å². The summed E-state index contributed by atoms with van der Waals surface area (Å²) in [6, 6.07) is 23.2. The van der Waals surface area contributed by atoms with Crippen LogP contribution in [0.15, 0.2) is 79.0 Å². The Morgan fingerprint density at radius 1 is 0.976 bits per heavy atom. The van der Waals surface area contributed by atoms with Gasteiger partial charge in [-0.2, -0.15) is 0 Å². The Morgan fingerprint density at radius 3 is 2.20 bits per heavy atom. The zero-order valence-corrected chi connectivity index (χ0v) is 24.6. The molecule has 0 atom stereocenters. The first-order chi connectivity index (χ1) is 19.6. The molecule has 0 saturated heterocycles. The van der Waals surface area contributed by atoms with E-state index in [0.717, 1.165) is 46.4 Å². The van der Waals surface area contributed by atoms with Crippen molar-refractivity contribution in [2.45, 2.75) is 39.7 Å². The summed E-state index contributed by atoms with van der Waals surface area (Å²) in [7, 11) is 0. The van der Waals surface area contributed by atoms with Gasteiger partial charge in [-0.15, -0.1) is 0 Å². The van der Waals surface area contributed by atoms with Gasteiger partial charge in [0.1, 0.15) is 35.3 Å². The molecule has 1 aromatic heterocycles. The summed E-state index contributed by atoms with van der Waals surface area (Å²) >= 11 is 5.98. The van der Waals surface area contributed by atoms with E-state index in [0.29, 0.717) is 30.6 Å². The number of hydrogen-bond donors (Lipinski definition) is 2. The number of hydrogen-bond acceptors (Lipinski definition) is 6. The van der Waals surface area contributed by atoms with Crippen molar-refractivity contribution in [1.29, 1.82) is 0 Å². The van der Waals surface area contributed by atoms with Gasteiger partial charge in [0.15, 0.2) is 0 Å². The first-order valence-electron chi connectivity index (χ1n) is 13.6. The molecule has 4 aromatic rings. The number of amides is 1. The Bertz CT molecular complexity index is 1420. The minimum absolute atomic E-state index is 0.453. The Morgan fingerprint density at radius 2 is 1.59 bits per heavy atom. The molecule has 3 N–H and O–H groups in total. The second kappa shape index (κ2) is 13.6. The molecule has 1 amide bonds. The predicted octanol–water partition coefficient (Wildman–Crippen LogP) is 7.03. The van der Waals surface area contributed by atoms with Gasteiger partial charge in [0, 0.05) is 42.0 Å². The lowest BCUT2D eigenvalue weighted by atomic mass is 10.1. The van der Waals surface area contributed by atoms with E-state index in [4.69, 9.17) is 36.5 Å². The molecular weight excluding hydrogens is 540 g/mol. The maximum absolute atomic E-state index is 11.0. The third kappa shape index (κ3) is 8.99. The number of ether oxygens (including phenoxy) is 3. The smallest absolute Gasteiger partial charge is 0.405 e. The zero-order chi connectivity index (χ0) is 29.4. The van der Waals surface area contributed by atoms with Crippen LogP contribution < -0.4 is 20.5 Å². The number of nitrogens with zero attached hydrogens (tertiary/aromatic N) is 2. The summed E-state index contributed by atoms with van der Waals surface area (Å²) in [6.07, 6.45) is 2.13. The van der Waals surface area contributed by atoms with Gasteiger partial charge in [0.2, 0.25) is 0 Å². The summed E-state index contributed by atoms with van der Waals surface area (Å²) in [5, 5.41) is 3.89. The number of carbonyl (C=O) groups excluding carboxylic acids is 1. The number of rotatable bonds is 13. The van der Waals surface area contributed by atoms with Gasteiger partial charge in [-0.1, -0.05) is 25.4 Å². The van der Waals surface area contributed by atoms with E-state index >= 15 is 0 Å². The molecule has 1 heterocycles. The number of nitrogens with two attached hydrogens (primary N) is 1. The molecule has 9 heteroatoms. The van der Waals surface area contributed by atoms with Crippen LogP contribution in [0, 0.1) is 5.92 Å². The van der Waals surface area contributed by atoms with Gasteiger partial charge < -0.3 is 29.8 Å². The van der Waals surface area contributed by atoms with Crippen LogP contribution in [0.3, 0.4) is 0 Å². The fraction of sp³-hybridized carbons (Fsp3) is 0.312. The molecule has 8 nitrogen and oxygen atoms in total. The van der Waals surface area contributed by atoms with E-state index in [1.54, 1.807) is 26.0 Å². The number of halogens is 1. The van der Waals surface area contributed by atoms with Gasteiger partial charge >= 0.3 is 6.09 Å². The molecule has 4 rings (SSSR count). The predicted molar refractivity (Wildman–Crippen MR) is 162 cm³/mol. The third-order valence-corrected chi connectivity index (χ3v) is 6.41. The largest absolute Gasteiger partial charge is 0.492 e. The van der Waals surface area contributed by atoms with Crippen LogP contribution in [0.4, 0.5) is 4.79 Å². The van der Waals surface area contributed by atoms with E-state index in [1.165, 1.54) is 0 Å². The monoisotopic (exact) mass is 576 g/mol. The summed E-state index contributed by atoms with van der Waals surface area (Å²) in [5.74, 6) is 3.69. The SMILES string of the molecule is CC(C)Cc1nc(-c2ccc(OCCNCC(C)(C)OC(N)=O)cc2)cn1-c1ccc(Oc2ccc(Cl)cc2)cc1. The van der Waals surface area contributed by atoms with Crippen LogP contribution in [0.1, 0.15) is 33.5 Å². The molecular formula is C32H37ClN4O4. The molecule has 41 heavy (non-hydrogen) atoms. The van der Waals surface area contributed by atoms with Crippen molar-refractivity contribution >= 4 is 17.7 Å². The quantitative estimate of drug-likeness (QED) is 0.166. The molecule has 0 aliphatic rings. The molecule has 216 valence electrons. The average Bonchev–Trinajstić information content (AvgIpc) is 3.33. The second-order valence-corrected chi connectivity index (χ2v) is 11.2. The molecule has 0 fully saturated rings. The van der Waals surface area contributed by atoms with Crippen molar-refractivity contribution in [2.75, 3.05) is 19.7 Å². The molecule has 0 radical (unpaired) electrons. The number of aromatic nitrogens is 2. The highest BCUT2D eigenvalue weighted by Crippen LogP contribution is 2.28. The van der Waals surface area contributed by atoms with Crippen LogP contribution in [0.5, 0.6) is 17.2 Å². The summed E-state index contributed by atoms with van der Waals surface area (Å²) < 4.78 is 19.0. The van der Waals surface area contributed by atoms with E-state index in [-0.39, 0.29) is 0 Å². The Labute approximate surface area is 246 Å². The summed E-state index contributed by atoms with van der Waals surface area (Å²) in [6.45, 7) is 9.51. The van der Waals surface area contributed by atoms with Crippen LogP contribution in [-0.2, 0) is 11.2 Å². The van der Waals surface area contributed by atoms with Crippen LogP contribution in [-0.4, -0.2) is 40.9 Å². The summed E-state index contributed by atoms with van der Waals surface area (Å²) in [5.41, 5.74) is 7.34. The molecule has 0 bridgehead atoms. The lowest BCUT2D eigenvalue weighted by Gasteiger charge is -2.24. The molecule has 0 saturated carbocycles. The van der Waals surface area contributed by atoms with Crippen molar-refractivity contribution in [3.63, 3.8) is 0 Å². The van der Waals surface area contributed by atoms with E-state index in [1.807, 2.05) is 60.7 Å². The van der Waals surface area contributed by atoms with E-state index < -0.39 is 11.7 Å². The van der Waals surface area contributed by atoms with Crippen molar-refractivity contribution in [1.82, 2.24) is 14.9 Å². The number of carbonyl (C=O) groups is 1. The van der Waals surface area contributed by atoms with Gasteiger partial charge in [-0.05, 0) is 92.6 Å². The zero-order valence-electron chi connectivity index (χ0n) is 23.9. The third-order valence-electron chi connectivity index (χ3n) is 6.16. The van der Waals surface area contributed by atoms with Crippen molar-refractivity contribution < 1.29 is 19.0 Å². The topological polar surface area (TPSA) is 101 Å². The van der Waals surface area contributed by atoms with Crippen molar-refractivity contribution in [3.05, 3.63) is 89.8 Å². The molecule has 0 spiro atoms. The lowest BCUT2D eigenvalue weighted by Crippen LogP contribution is -2.41. The maximum atomic E-state index is 11.0. The first kappa shape index (κ1) is 30.0. The highest BCUT2D eigenvalue weighted by Gasteiger charge is 2.20.